The van der Waals surface area contributed by atoms with Crippen LogP contribution in [0.5, 0.6) is 0 Å². The topological polar surface area (TPSA) is 52.0 Å². The Balaban J connectivity index is 2.67. The highest BCUT2D eigenvalue weighted by molar-refractivity contribution is 6.23. The predicted molar refractivity (Wildman–Crippen MR) is 45.6 cm³/mol. The Kier molecular flexibility index (Phi) is 1.45. The van der Waals surface area contributed by atoms with Crippen LogP contribution in [0.1, 0.15) is 27.8 Å². The number of ketones is 2. The smallest absolute Gasteiger partial charge is 0.207 e. The van der Waals surface area contributed by atoms with Crippen LogP contribution in [0.3, 0.4) is 0 Å². The Bertz CT molecular complexity index is 440. The molecule has 66 valence electrons. The van der Waals surface area contributed by atoms with Gasteiger partial charge in [0.1, 0.15) is 5.69 Å². The van der Waals surface area contributed by atoms with Crippen molar-refractivity contribution in [3.05, 3.63) is 29.1 Å². The van der Waals surface area contributed by atoms with Crippen LogP contribution < -0.4 is 0 Å². The molecule has 0 unspecified atom stereocenters. The lowest BCUT2D eigenvalue weighted by Gasteiger charge is -2.04. The van der Waals surface area contributed by atoms with Crippen molar-refractivity contribution in [3.8, 4) is 0 Å². The van der Waals surface area contributed by atoms with E-state index in [1.807, 2.05) is 0 Å². The molecule has 0 aromatic carbocycles. The molecule has 0 fully saturated rings. The zero-order valence-electron chi connectivity index (χ0n) is 7.37. The molecule has 0 amide bonds. The van der Waals surface area contributed by atoms with E-state index in [1.54, 1.807) is 20.2 Å². The van der Waals surface area contributed by atoms with Gasteiger partial charge in [-0.3, -0.25) is 14.3 Å². The summed E-state index contributed by atoms with van der Waals surface area (Å²) in [7, 11) is 1.69. The van der Waals surface area contributed by atoms with Gasteiger partial charge >= 0.3 is 0 Å². The third-order valence-electron chi connectivity index (χ3n) is 2.01. The van der Waals surface area contributed by atoms with Gasteiger partial charge in [0.25, 0.3) is 0 Å². The Morgan fingerprint density at radius 1 is 1.38 bits per heavy atom. The van der Waals surface area contributed by atoms with Gasteiger partial charge in [-0.25, -0.2) is 0 Å². The van der Waals surface area contributed by atoms with Crippen molar-refractivity contribution in [2.24, 2.45) is 7.05 Å². The van der Waals surface area contributed by atoms with E-state index in [-0.39, 0.29) is 17.3 Å². The molecule has 0 N–H and O–H groups in total. The molecule has 0 aliphatic heterocycles. The molecule has 1 aliphatic carbocycles. The first kappa shape index (κ1) is 7.91. The van der Waals surface area contributed by atoms with Crippen molar-refractivity contribution >= 4 is 11.6 Å². The van der Waals surface area contributed by atoms with Gasteiger partial charge in [-0.15, -0.1) is 0 Å². The summed E-state index contributed by atoms with van der Waals surface area (Å²) in [5.74, 6) is -0.296. The standard InChI is InChI=1S/C9H8N2O2/c1-5-3-7(12)8-6(9(5)13)4-11(2)10-8/h3-4H,1-2H3. The van der Waals surface area contributed by atoms with Crippen molar-refractivity contribution in [1.29, 1.82) is 0 Å². The van der Waals surface area contributed by atoms with Crippen LogP contribution >= 0.6 is 0 Å². The summed E-state index contributed by atoms with van der Waals surface area (Å²) in [4.78, 5) is 22.9. The number of carbonyl (C=O) groups is 2. The lowest BCUT2D eigenvalue weighted by atomic mass is 9.96. The molecule has 1 aliphatic rings. The van der Waals surface area contributed by atoms with E-state index < -0.39 is 0 Å². The average molecular weight is 176 g/mol. The fourth-order valence-electron chi connectivity index (χ4n) is 1.38. The Morgan fingerprint density at radius 2 is 2.08 bits per heavy atom. The summed E-state index contributed by atoms with van der Waals surface area (Å²) in [5, 5.41) is 3.92. The summed E-state index contributed by atoms with van der Waals surface area (Å²) in [5.41, 5.74) is 1.15. The minimum atomic E-state index is -0.187. The number of hydrogen-bond acceptors (Lipinski definition) is 3. The molecule has 0 bridgehead atoms. The van der Waals surface area contributed by atoms with Gasteiger partial charge in [0, 0.05) is 18.8 Å². The lowest BCUT2D eigenvalue weighted by molar-refractivity contribution is 0.0982. The fraction of sp³-hybridized carbons (Fsp3) is 0.222. The monoisotopic (exact) mass is 176 g/mol. The quantitative estimate of drug-likeness (QED) is 0.586. The maximum atomic E-state index is 11.5. The normalized spacial score (nSPS) is 15.7. The molecule has 4 nitrogen and oxygen atoms in total. The van der Waals surface area contributed by atoms with Crippen LogP contribution in [0.15, 0.2) is 17.8 Å². The second-order valence-corrected chi connectivity index (χ2v) is 3.09. The van der Waals surface area contributed by atoms with Crippen molar-refractivity contribution in [2.75, 3.05) is 0 Å². The number of Topliss-reactive ketones (excluding diaryl/α,β-unsaturated/α-hetero) is 1. The van der Waals surface area contributed by atoms with E-state index in [2.05, 4.69) is 5.10 Å². The predicted octanol–water partition coefficient (Wildman–Crippen LogP) is 0.745. The summed E-state index contributed by atoms with van der Waals surface area (Å²) in [6.07, 6.45) is 2.91. The molecular formula is C9H8N2O2. The zero-order valence-corrected chi connectivity index (χ0v) is 7.37. The van der Waals surface area contributed by atoms with E-state index in [1.165, 1.54) is 10.8 Å². The van der Waals surface area contributed by atoms with Gasteiger partial charge in [0.2, 0.25) is 5.78 Å². The Hall–Kier alpha value is -1.71. The summed E-state index contributed by atoms with van der Waals surface area (Å²) >= 11 is 0. The van der Waals surface area contributed by atoms with Crippen molar-refractivity contribution in [1.82, 2.24) is 9.78 Å². The molecule has 0 atom stereocenters. The summed E-state index contributed by atoms with van der Waals surface area (Å²) in [6.45, 7) is 1.64. The fourth-order valence-corrected chi connectivity index (χ4v) is 1.38. The van der Waals surface area contributed by atoms with Gasteiger partial charge < -0.3 is 0 Å². The minimum absolute atomic E-state index is 0.109. The average Bonchev–Trinajstić information content (AvgIpc) is 2.44. The number of carbonyl (C=O) groups excluding carboxylic acids is 2. The molecule has 4 heteroatoms. The number of fused-ring (bicyclic) bond motifs is 1. The van der Waals surface area contributed by atoms with Crippen LogP contribution in [0, 0.1) is 0 Å². The SMILES string of the molecule is CC1=CC(=O)c2nn(C)cc2C1=O. The second kappa shape index (κ2) is 2.39. The van der Waals surface area contributed by atoms with E-state index >= 15 is 0 Å². The molecule has 1 aromatic heterocycles. The van der Waals surface area contributed by atoms with Crippen molar-refractivity contribution in [2.45, 2.75) is 6.92 Å². The van der Waals surface area contributed by atoms with E-state index in [0.29, 0.717) is 11.1 Å². The zero-order chi connectivity index (χ0) is 9.59. The van der Waals surface area contributed by atoms with Crippen LogP contribution in [0.25, 0.3) is 0 Å². The summed E-state index contributed by atoms with van der Waals surface area (Å²) in [6, 6.07) is 0. The van der Waals surface area contributed by atoms with Gasteiger partial charge in [0.15, 0.2) is 5.78 Å². The Labute approximate surface area is 74.9 Å². The maximum Gasteiger partial charge on any atom is 0.207 e. The summed E-state index contributed by atoms with van der Waals surface area (Å²) < 4.78 is 1.48. The molecule has 0 radical (unpaired) electrons. The van der Waals surface area contributed by atoms with E-state index in [4.69, 9.17) is 0 Å². The molecule has 0 saturated carbocycles. The molecule has 0 spiro atoms. The third kappa shape index (κ3) is 1.02. The molecule has 1 aromatic rings. The highest BCUT2D eigenvalue weighted by Crippen LogP contribution is 2.18. The number of aromatic nitrogens is 2. The minimum Gasteiger partial charge on any atom is -0.289 e. The molecule has 1 heterocycles. The van der Waals surface area contributed by atoms with Crippen molar-refractivity contribution < 1.29 is 9.59 Å². The lowest BCUT2D eigenvalue weighted by Crippen LogP contribution is -2.14. The number of hydrogen-bond donors (Lipinski definition) is 0. The first-order valence-electron chi connectivity index (χ1n) is 3.90. The number of rotatable bonds is 0. The van der Waals surface area contributed by atoms with Gasteiger partial charge in [-0.2, -0.15) is 5.10 Å². The largest absolute Gasteiger partial charge is 0.289 e. The van der Waals surface area contributed by atoms with Crippen LogP contribution in [-0.4, -0.2) is 21.3 Å². The van der Waals surface area contributed by atoms with Gasteiger partial charge in [-0.05, 0) is 13.0 Å². The second-order valence-electron chi connectivity index (χ2n) is 3.09. The number of nitrogens with zero attached hydrogens (tertiary/aromatic N) is 2. The maximum absolute atomic E-state index is 11.5. The molecule has 13 heavy (non-hydrogen) atoms. The van der Waals surface area contributed by atoms with Crippen LogP contribution in [0.4, 0.5) is 0 Å². The highest BCUT2D eigenvalue weighted by Gasteiger charge is 2.25. The first-order valence-corrected chi connectivity index (χ1v) is 3.90. The van der Waals surface area contributed by atoms with Crippen molar-refractivity contribution in [3.63, 3.8) is 0 Å². The number of aryl methyl sites for hydroxylation is 1. The third-order valence-corrected chi connectivity index (χ3v) is 2.01. The van der Waals surface area contributed by atoms with Gasteiger partial charge in [0.05, 0.1) is 5.56 Å². The van der Waals surface area contributed by atoms with E-state index in [9.17, 15) is 9.59 Å². The van der Waals surface area contributed by atoms with E-state index in [0.717, 1.165) is 0 Å². The first-order chi connectivity index (χ1) is 6.09. The Morgan fingerprint density at radius 3 is 2.77 bits per heavy atom. The molecular weight excluding hydrogens is 168 g/mol. The number of allylic oxidation sites excluding steroid dienone is 2. The van der Waals surface area contributed by atoms with Crippen LogP contribution in [-0.2, 0) is 7.05 Å². The van der Waals surface area contributed by atoms with Crippen LogP contribution in [0.2, 0.25) is 0 Å². The molecule has 0 saturated heterocycles. The molecule has 2 rings (SSSR count). The highest BCUT2D eigenvalue weighted by atomic mass is 16.1. The van der Waals surface area contributed by atoms with Gasteiger partial charge in [-0.1, -0.05) is 0 Å².